The first kappa shape index (κ1) is 18.4. The number of rotatable bonds is 3. The van der Waals surface area contributed by atoms with Gasteiger partial charge in [-0.15, -0.1) is 0 Å². The minimum atomic E-state index is -1.06. The van der Waals surface area contributed by atoms with Crippen molar-refractivity contribution in [1.82, 2.24) is 10.2 Å². The van der Waals surface area contributed by atoms with Crippen molar-refractivity contribution in [2.45, 2.75) is 24.8 Å². The van der Waals surface area contributed by atoms with E-state index in [4.69, 9.17) is 0 Å². The maximum Gasteiger partial charge on any atom is 0.325 e. The average Bonchev–Trinajstić information content (AvgIpc) is 2.99. The van der Waals surface area contributed by atoms with Gasteiger partial charge in [-0.25, -0.2) is 4.79 Å². The molecule has 150 valence electrons. The Hall–Kier alpha value is -3.67. The molecule has 5 rings (SSSR count). The van der Waals surface area contributed by atoms with Gasteiger partial charge in [-0.3, -0.25) is 14.5 Å². The van der Waals surface area contributed by atoms with Crippen LogP contribution in [0, 0.1) is 0 Å². The molecule has 1 aliphatic heterocycles. The Morgan fingerprint density at radius 1 is 1.00 bits per heavy atom. The summed E-state index contributed by atoms with van der Waals surface area (Å²) in [5.41, 5.74) is 1.50. The smallest absolute Gasteiger partial charge is 0.324 e. The molecule has 3 aromatic rings. The summed E-state index contributed by atoms with van der Waals surface area (Å²) in [5, 5.41) is 7.64. The van der Waals surface area contributed by atoms with Gasteiger partial charge in [-0.2, -0.15) is 0 Å². The molecule has 4 amide bonds. The fraction of sp³-hybridized carbons (Fsp3) is 0.208. The number of nitrogens with one attached hydrogen (secondary N) is 2. The summed E-state index contributed by atoms with van der Waals surface area (Å²) >= 11 is 0. The predicted octanol–water partition coefficient (Wildman–Crippen LogP) is 3.56. The summed E-state index contributed by atoms with van der Waals surface area (Å²) < 4.78 is 0. The molecule has 0 saturated carbocycles. The summed E-state index contributed by atoms with van der Waals surface area (Å²) in [4.78, 5) is 39.8. The zero-order chi connectivity index (χ0) is 20.7. The molecule has 1 atom stereocenters. The fourth-order valence-corrected chi connectivity index (χ4v) is 4.62. The summed E-state index contributed by atoms with van der Waals surface area (Å²) in [6, 6.07) is 20.5. The molecule has 0 aromatic heterocycles. The normalized spacial score (nSPS) is 20.3. The van der Waals surface area contributed by atoms with E-state index in [0.29, 0.717) is 12.1 Å². The molecule has 0 bridgehead atoms. The number of benzene rings is 3. The number of carbonyl (C=O) groups is 3. The van der Waals surface area contributed by atoms with Gasteiger partial charge in [0.15, 0.2) is 0 Å². The third-order valence-electron chi connectivity index (χ3n) is 6.02. The standard InChI is InChI=1S/C24H21N3O3/c28-21(25-20-13-5-9-16-7-1-3-11-18(16)20)15-27-22(29)24(26-23(27)30)14-6-10-17-8-2-4-12-19(17)24/h1-5,7-9,11-13H,6,10,14-15H2,(H,25,28)(H,26,30)/t24-/m1/s1. The van der Waals surface area contributed by atoms with E-state index in [1.54, 1.807) is 0 Å². The Balaban J connectivity index is 1.39. The summed E-state index contributed by atoms with van der Waals surface area (Å²) in [7, 11) is 0. The second kappa shape index (κ2) is 6.99. The van der Waals surface area contributed by atoms with Crippen LogP contribution in [0.5, 0.6) is 0 Å². The first-order valence-corrected chi connectivity index (χ1v) is 10.1. The number of aryl methyl sites for hydroxylation is 1. The molecular formula is C24H21N3O3. The van der Waals surface area contributed by atoms with Crippen LogP contribution in [0.2, 0.25) is 0 Å². The highest BCUT2D eigenvalue weighted by Gasteiger charge is 2.54. The SMILES string of the molecule is O=C(CN1C(=O)N[C@@]2(CCCc3ccccc32)C1=O)Nc1cccc2ccccc12. The van der Waals surface area contributed by atoms with E-state index in [1.807, 2.05) is 66.7 Å². The van der Waals surface area contributed by atoms with Crippen LogP contribution in [-0.2, 0) is 21.5 Å². The highest BCUT2D eigenvalue weighted by atomic mass is 16.2. The van der Waals surface area contributed by atoms with Gasteiger partial charge in [0, 0.05) is 11.1 Å². The van der Waals surface area contributed by atoms with E-state index in [1.165, 1.54) is 0 Å². The van der Waals surface area contributed by atoms with Crippen molar-refractivity contribution in [3.8, 4) is 0 Å². The van der Waals surface area contributed by atoms with Crippen LogP contribution >= 0.6 is 0 Å². The number of urea groups is 1. The monoisotopic (exact) mass is 399 g/mol. The number of hydrogen-bond donors (Lipinski definition) is 2. The Morgan fingerprint density at radius 2 is 1.77 bits per heavy atom. The molecule has 2 N–H and O–H groups in total. The molecule has 1 aliphatic carbocycles. The van der Waals surface area contributed by atoms with Gasteiger partial charge in [-0.1, -0.05) is 60.7 Å². The van der Waals surface area contributed by atoms with E-state index in [-0.39, 0.29) is 12.5 Å². The number of nitrogens with zero attached hydrogens (tertiary/aromatic N) is 1. The number of fused-ring (bicyclic) bond motifs is 3. The van der Waals surface area contributed by atoms with E-state index in [2.05, 4.69) is 10.6 Å². The lowest BCUT2D eigenvalue weighted by molar-refractivity contribution is -0.134. The van der Waals surface area contributed by atoms with Crippen LogP contribution in [0.4, 0.5) is 10.5 Å². The Bertz CT molecular complexity index is 1180. The van der Waals surface area contributed by atoms with E-state index in [0.717, 1.165) is 39.6 Å². The van der Waals surface area contributed by atoms with Crippen LogP contribution in [0.1, 0.15) is 24.0 Å². The lowest BCUT2D eigenvalue weighted by Crippen LogP contribution is -2.47. The fourth-order valence-electron chi connectivity index (χ4n) is 4.62. The van der Waals surface area contributed by atoms with Crippen molar-refractivity contribution in [2.24, 2.45) is 0 Å². The lowest BCUT2D eigenvalue weighted by Gasteiger charge is -2.33. The number of hydrogen-bond acceptors (Lipinski definition) is 3. The topological polar surface area (TPSA) is 78.5 Å². The van der Waals surface area contributed by atoms with Crippen LogP contribution in [0.25, 0.3) is 10.8 Å². The maximum absolute atomic E-state index is 13.3. The van der Waals surface area contributed by atoms with Crippen molar-refractivity contribution >= 4 is 34.3 Å². The Labute approximate surface area is 173 Å². The number of carbonyl (C=O) groups excluding carboxylic acids is 3. The van der Waals surface area contributed by atoms with Crippen molar-refractivity contribution in [3.05, 3.63) is 77.9 Å². The first-order valence-electron chi connectivity index (χ1n) is 10.1. The summed E-state index contributed by atoms with van der Waals surface area (Å²) in [6.45, 7) is -0.322. The molecule has 0 unspecified atom stereocenters. The van der Waals surface area contributed by atoms with Crippen LogP contribution in [0.3, 0.4) is 0 Å². The zero-order valence-electron chi connectivity index (χ0n) is 16.4. The highest BCUT2D eigenvalue weighted by Crippen LogP contribution is 2.39. The molecule has 6 heteroatoms. The molecule has 3 aromatic carbocycles. The van der Waals surface area contributed by atoms with Crippen LogP contribution < -0.4 is 10.6 Å². The number of amides is 4. The van der Waals surface area contributed by atoms with Gasteiger partial charge in [0.05, 0.1) is 0 Å². The molecule has 1 spiro atoms. The first-order chi connectivity index (χ1) is 14.6. The van der Waals surface area contributed by atoms with Gasteiger partial charge in [-0.05, 0) is 41.8 Å². The average molecular weight is 399 g/mol. The molecular weight excluding hydrogens is 378 g/mol. The maximum atomic E-state index is 13.3. The van der Waals surface area contributed by atoms with Crippen LogP contribution in [0.15, 0.2) is 66.7 Å². The van der Waals surface area contributed by atoms with Gasteiger partial charge >= 0.3 is 6.03 Å². The quantitative estimate of drug-likeness (QED) is 0.661. The third-order valence-corrected chi connectivity index (χ3v) is 6.02. The molecule has 2 aliphatic rings. The molecule has 0 radical (unpaired) electrons. The number of anilines is 1. The highest BCUT2D eigenvalue weighted by molar-refractivity contribution is 6.11. The minimum absolute atomic E-state index is 0.322. The van der Waals surface area contributed by atoms with E-state index >= 15 is 0 Å². The predicted molar refractivity (Wildman–Crippen MR) is 114 cm³/mol. The van der Waals surface area contributed by atoms with Crippen molar-refractivity contribution in [3.63, 3.8) is 0 Å². The second-order valence-corrected chi connectivity index (χ2v) is 7.81. The van der Waals surface area contributed by atoms with E-state index in [9.17, 15) is 14.4 Å². The Morgan fingerprint density at radius 3 is 2.67 bits per heavy atom. The Kier molecular flexibility index (Phi) is 4.28. The molecule has 30 heavy (non-hydrogen) atoms. The van der Waals surface area contributed by atoms with Gasteiger partial charge in [0.25, 0.3) is 5.91 Å². The van der Waals surface area contributed by atoms with Crippen LogP contribution in [-0.4, -0.2) is 29.3 Å². The van der Waals surface area contributed by atoms with Gasteiger partial charge < -0.3 is 10.6 Å². The van der Waals surface area contributed by atoms with Gasteiger partial charge in [0.1, 0.15) is 12.1 Å². The van der Waals surface area contributed by atoms with Crippen molar-refractivity contribution in [1.29, 1.82) is 0 Å². The summed E-state index contributed by atoms with van der Waals surface area (Å²) in [5.74, 6) is -0.760. The molecule has 1 heterocycles. The summed E-state index contributed by atoms with van der Waals surface area (Å²) in [6.07, 6.45) is 2.22. The second-order valence-electron chi connectivity index (χ2n) is 7.81. The van der Waals surface area contributed by atoms with Crippen molar-refractivity contribution in [2.75, 3.05) is 11.9 Å². The van der Waals surface area contributed by atoms with Gasteiger partial charge in [0.2, 0.25) is 5.91 Å². The zero-order valence-corrected chi connectivity index (χ0v) is 16.4. The van der Waals surface area contributed by atoms with E-state index < -0.39 is 17.5 Å². The lowest BCUT2D eigenvalue weighted by atomic mass is 9.76. The minimum Gasteiger partial charge on any atom is -0.324 e. The third kappa shape index (κ3) is 2.84. The largest absolute Gasteiger partial charge is 0.325 e. The molecule has 1 saturated heterocycles. The van der Waals surface area contributed by atoms with Crippen molar-refractivity contribution < 1.29 is 14.4 Å². The molecule has 6 nitrogen and oxygen atoms in total. The number of imide groups is 1. The molecule has 1 fully saturated rings.